The first-order chi connectivity index (χ1) is 27.8. The van der Waals surface area contributed by atoms with Crippen LogP contribution in [0.25, 0.3) is 0 Å². The molecule has 1 aliphatic heterocycles. The standard InChI is InChI=1S/C47H86O10/c1-3-5-7-9-11-13-15-17-19-20-21-22-24-25-27-29-31-33-35-42(49)54-38-40(39-55-47-46(53)45(52)44(51)41(37-48)57-47)56-43(50)36-34-32-30-28-26-23-18-16-14-12-10-8-6-4-2/h10,12,16,18,40-41,44-48,51-53H,3-9,11,13-15,17,19-39H2,1-2H3/b12-10+,18-16+/t40-,41-,44+,45?,46?,47-/m0/s1. The number of unbranched alkanes of at least 4 members (excludes halogenated alkanes) is 24. The van der Waals surface area contributed by atoms with Crippen LogP contribution >= 0.6 is 0 Å². The van der Waals surface area contributed by atoms with Crippen molar-refractivity contribution in [1.82, 2.24) is 0 Å². The molecule has 0 bridgehead atoms. The summed E-state index contributed by atoms with van der Waals surface area (Å²) in [5.74, 6) is -0.814. The number of allylic oxidation sites excluding steroid dienone is 4. The van der Waals surface area contributed by atoms with Gasteiger partial charge in [-0.2, -0.15) is 0 Å². The molecule has 2 unspecified atom stereocenters. The molecule has 6 atom stereocenters. The lowest BCUT2D eigenvalue weighted by Gasteiger charge is -2.39. The van der Waals surface area contributed by atoms with Gasteiger partial charge in [0.25, 0.3) is 0 Å². The smallest absolute Gasteiger partial charge is 0.306 e. The van der Waals surface area contributed by atoms with Gasteiger partial charge in [0, 0.05) is 12.8 Å². The van der Waals surface area contributed by atoms with E-state index in [4.69, 9.17) is 18.9 Å². The molecule has 1 aliphatic rings. The largest absolute Gasteiger partial charge is 0.462 e. The number of carbonyl (C=O) groups excluding carboxylic acids is 2. The Bertz CT molecular complexity index is 985. The number of hydrogen-bond acceptors (Lipinski definition) is 10. The Morgan fingerprint density at radius 2 is 1.00 bits per heavy atom. The van der Waals surface area contributed by atoms with Gasteiger partial charge >= 0.3 is 11.9 Å². The van der Waals surface area contributed by atoms with Crippen LogP contribution < -0.4 is 0 Å². The van der Waals surface area contributed by atoms with E-state index in [0.717, 1.165) is 64.2 Å². The Balaban J connectivity index is 2.30. The van der Waals surface area contributed by atoms with E-state index in [0.29, 0.717) is 6.42 Å². The van der Waals surface area contributed by atoms with E-state index in [9.17, 15) is 30.0 Å². The summed E-state index contributed by atoms with van der Waals surface area (Å²) in [6.45, 7) is 3.39. The monoisotopic (exact) mass is 811 g/mol. The first-order valence-corrected chi connectivity index (χ1v) is 23.4. The van der Waals surface area contributed by atoms with Crippen molar-refractivity contribution >= 4 is 11.9 Å². The first-order valence-electron chi connectivity index (χ1n) is 23.4. The zero-order valence-corrected chi connectivity index (χ0v) is 36.3. The molecule has 10 nitrogen and oxygen atoms in total. The SMILES string of the molecule is CCCC/C=C/C/C=C/CCCCCCCC(=O)O[C@@H](COC(=O)CCCCCCCCCCCCCCCCCCCC)CO[C@H]1O[C@@H](CO)[C@@H](O)C(O)C1O. The lowest BCUT2D eigenvalue weighted by atomic mass is 9.99. The van der Waals surface area contributed by atoms with Gasteiger partial charge in [-0.15, -0.1) is 0 Å². The Hall–Kier alpha value is -1.82. The summed E-state index contributed by atoms with van der Waals surface area (Å²) in [5.41, 5.74) is 0. The molecular weight excluding hydrogens is 725 g/mol. The fraction of sp³-hybridized carbons (Fsp3) is 0.872. The van der Waals surface area contributed by atoms with Crippen LogP contribution in [-0.4, -0.2) is 89.0 Å². The number of carbonyl (C=O) groups is 2. The molecule has 0 aromatic heterocycles. The summed E-state index contributed by atoms with van der Waals surface area (Å²) in [6.07, 6.45) is 34.7. The highest BCUT2D eigenvalue weighted by Crippen LogP contribution is 2.23. The van der Waals surface area contributed by atoms with E-state index < -0.39 is 49.4 Å². The Labute approximate surface area is 347 Å². The molecule has 0 aromatic carbocycles. The number of esters is 2. The molecule has 4 N–H and O–H groups in total. The van der Waals surface area contributed by atoms with Crippen LogP contribution in [0.1, 0.15) is 206 Å². The average molecular weight is 811 g/mol. The lowest BCUT2D eigenvalue weighted by Crippen LogP contribution is -2.59. The molecule has 10 heteroatoms. The van der Waals surface area contributed by atoms with Crippen LogP contribution in [0.3, 0.4) is 0 Å². The van der Waals surface area contributed by atoms with Gasteiger partial charge in [-0.3, -0.25) is 9.59 Å². The van der Waals surface area contributed by atoms with Gasteiger partial charge in [0.1, 0.15) is 31.0 Å². The third kappa shape index (κ3) is 30.0. The first kappa shape index (κ1) is 53.2. The summed E-state index contributed by atoms with van der Waals surface area (Å²) in [7, 11) is 0. The van der Waals surface area contributed by atoms with Crippen molar-refractivity contribution in [2.75, 3.05) is 19.8 Å². The second kappa shape index (κ2) is 38.4. The number of ether oxygens (including phenoxy) is 4. The minimum Gasteiger partial charge on any atom is -0.462 e. The number of hydrogen-bond donors (Lipinski definition) is 4. The van der Waals surface area contributed by atoms with E-state index in [2.05, 4.69) is 38.2 Å². The zero-order chi connectivity index (χ0) is 41.6. The second-order valence-electron chi connectivity index (χ2n) is 16.2. The molecule has 334 valence electrons. The molecule has 1 rings (SSSR count). The minimum absolute atomic E-state index is 0.216. The molecule has 0 spiro atoms. The van der Waals surface area contributed by atoms with Crippen molar-refractivity contribution < 1.29 is 49.0 Å². The van der Waals surface area contributed by atoms with Crippen LogP contribution in [0.5, 0.6) is 0 Å². The van der Waals surface area contributed by atoms with Gasteiger partial charge < -0.3 is 39.4 Å². The number of rotatable bonds is 39. The molecule has 0 aliphatic carbocycles. The van der Waals surface area contributed by atoms with Crippen LogP contribution in [0.15, 0.2) is 24.3 Å². The summed E-state index contributed by atoms with van der Waals surface area (Å²) in [6, 6.07) is 0. The molecule has 1 saturated heterocycles. The van der Waals surface area contributed by atoms with Gasteiger partial charge in [0.15, 0.2) is 12.4 Å². The van der Waals surface area contributed by atoms with Gasteiger partial charge in [-0.25, -0.2) is 0 Å². The van der Waals surface area contributed by atoms with E-state index >= 15 is 0 Å². The Morgan fingerprint density at radius 3 is 1.51 bits per heavy atom. The molecule has 1 fully saturated rings. The summed E-state index contributed by atoms with van der Waals surface area (Å²) in [5, 5.41) is 40.1. The second-order valence-corrected chi connectivity index (χ2v) is 16.2. The normalized spacial score (nSPS) is 20.4. The fourth-order valence-electron chi connectivity index (χ4n) is 7.09. The van der Waals surface area contributed by atoms with E-state index in [1.54, 1.807) is 0 Å². The van der Waals surface area contributed by atoms with Gasteiger partial charge in [0.2, 0.25) is 0 Å². The van der Waals surface area contributed by atoms with Gasteiger partial charge in [-0.05, 0) is 38.5 Å². The molecule has 0 radical (unpaired) electrons. The van der Waals surface area contributed by atoms with Gasteiger partial charge in [-0.1, -0.05) is 179 Å². The van der Waals surface area contributed by atoms with E-state index in [-0.39, 0.29) is 32.0 Å². The van der Waals surface area contributed by atoms with Crippen molar-refractivity contribution in [3.63, 3.8) is 0 Å². The van der Waals surface area contributed by atoms with Crippen molar-refractivity contribution in [3.05, 3.63) is 24.3 Å². The van der Waals surface area contributed by atoms with Crippen LogP contribution in [0, 0.1) is 0 Å². The Kier molecular flexibility index (Phi) is 35.8. The fourth-order valence-corrected chi connectivity index (χ4v) is 7.09. The summed E-state index contributed by atoms with van der Waals surface area (Å²) < 4.78 is 22.2. The number of aliphatic hydroxyl groups is 4. The molecule has 0 aromatic rings. The summed E-state index contributed by atoms with van der Waals surface area (Å²) in [4.78, 5) is 25.3. The molecule has 0 saturated carbocycles. The maximum Gasteiger partial charge on any atom is 0.306 e. The third-order valence-electron chi connectivity index (χ3n) is 10.8. The lowest BCUT2D eigenvalue weighted by molar-refractivity contribution is -0.305. The molecule has 1 heterocycles. The van der Waals surface area contributed by atoms with Crippen molar-refractivity contribution in [2.45, 2.75) is 243 Å². The van der Waals surface area contributed by atoms with Crippen LogP contribution in [0.2, 0.25) is 0 Å². The predicted molar refractivity (Wildman–Crippen MR) is 229 cm³/mol. The average Bonchev–Trinajstić information content (AvgIpc) is 3.21. The van der Waals surface area contributed by atoms with Gasteiger partial charge in [0.05, 0.1) is 13.2 Å². The van der Waals surface area contributed by atoms with Crippen LogP contribution in [-0.2, 0) is 28.5 Å². The van der Waals surface area contributed by atoms with Crippen molar-refractivity contribution in [3.8, 4) is 0 Å². The third-order valence-corrected chi connectivity index (χ3v) is 10.8. The highest BCUT2D eigenvalue weighted by Gasteiger charge is 2.44. The highest BCUT2D eigenvalue weighted by atomic mass is 16.7. The van der Waals surface area contributed by atoms with Crippen LogP contribution in [0.4, 0.5) is 0 Å². The van der Waals surface area contributed by atoms with E-state index in [1.165, 1.54) is 109 Å². The minimum atomic E-state index is -1.59. The maximum absolute atomic E-state index is 12.8. The molecule has 0 amide bonds. The quantitative estimate of drug-likeness (QED) is 0.0268. The van der Waals surface area contributed by atoms with E-state index in [1.807, 2.05) is 0 Å². The molecular formula is C47H86O10. The number of aliphatic hydroxyl groups excluding tert-OH is 4. The van der Waals surface area contributed by atoms with Crippen molar-refractivity contribution in [2.24, 2.45) is 0 Å². The maximum atomic E-state index is 12.8. The molecule has 57 heavy (non-hydrogen) atoms. The van der Waals surface area contributed by atoms with Crippen molar-refractivity contribution in [1.29, 1.82) is 0 Å². The topological polar surface area (TPSA) is 152 Å². The Morgan fingerprint density at radius 1 is 0.544 bits per heavy atom. The predicted octanol–water partition coefficient (Wildman–Crippen LogP) is 10.1. The highest BCUT2D eigenvalue weighted by molar-refractivity contribution is 5.70. The summed E-state index contributed by atoms with van der Waals surface area (Å²) >= 11 is 0. The zero-order valence-electron chi connectivity index (χ0n) is 36.3.